The van der Waals surface area contributed by atoms with Crippen molar-refractivity contribution in [2.45, 2.75) is 6.92 Å². The fraction of sp³-hybridized carbons (Fsp3) is 0.0714. The summed E-state index contributed by atoms with van der Waals surface area (Å²) in [7, 11) is 0. The fourth-order valence-corrected chi connectivity index (χ4v) is 2.29. The Morgan fingerprint density at radius 1 is 0.889 bits per heavy atom. The molecule has 2 aromatic carbocycles. The molecule has 0 unspecified atom stereocenters. The second kappa shape index (κ2) is 5.31. The van der Waals surface area contributed by atoms with Crippen LogP contribution in [0.15, 0.2) is 36.4 Å². The minimum Gasteiger partial charge on any atom is -0.289 e. The molecule has 2 rings (SSSR count). The van der Waals surface area contributed by atoms with E-state index in [-0.39, 0.29) is 5.78 Å². The lowest BCUT2D eigenvalue weighted by molar-refractivity contribution is 0.103. The third-order valence-corrected chi connectivity index (χ3v) is 3.40. The summed E-state index contributed by atoms with van der Waals surface area (Å²) in [5.74, 6) is -0.152. The van der Waals surface area contributed by atoms with Crippen LogP contribution in [-0.2, 0) is 0 Å². The van der Waals surface area contributed by atoms with E-state index >= 15 is 0 Å². The maximum atomic E-state index is 12.2. The van der Waals surface area contributed by atoms with Gasteiger partial charge in [0.15, 0.2) is 5.78 Å². The van der Waals surface area contributed by atoms with Crippen molar-refractivity contribution in [2.24, 2.45) is 0 Å². The third kappa shape index (κ3) is 2.86. The molecule has 0 spiro atoms. The van der Waals surface area contributed by atoms with Crippen molar-refractivity contribution in [3.05, 3.63) is 68.2 Å². The molecule has 92 valence electrons. The van der Waals surface area contributed by atoms with E-state index in [1.165, 1.54) is 0 Å². The fourth-order valence-electron chi connectivity index (χ4n) is 1.59. The van der Waals surface area contributed by atoms with Crippen LogP contribution in [0.1, 0.15) is 21.5 Å². The van der Waals surface area contributed by atoms with Crippen LogP contribution < -0.4 is 0 Å². The molecule has 0 aromatic heterocycles. The van der Waals surface area contributed by atoms with Gasteiger partial charge in [-0.1, -0.05) is 46.9 Å². The normalized spacial score (nSPS) is 10.4. The molecule has 18 heavy (non-hydrogen) atoms. The van der Waals surface area contributed by atoms with E-state index < -0.39 is 0 Å². The molecule has 1 nitrogen and oxygen atoms in total. The van der Waals surface area contributed by atoms with Gasteiger partial charge in [-0.15, -0.1) is 0 Å². The summed E-state index contributed by atoms with van der Waals surface area (Å²) < 4.78 is 0. The minimum absolute atomic E-state index is 0.152. The maximum absolute atomic E-state index is 12.2. The van der Waals surface area contributed by atoms with Gasteiger partial charge in [-0.05, 0) is 36.8 Å². The summed E-state index contributed by atoms with van der Waals surface area (Å²) in [5.41, 5.74) is 1.90. The molecule has 0 saturated heterocycles. The van der Waals surface area contributed by atoms with Crippen LogP contribution in [0, 0.1) is 6.92 Å². The number of carbonyl (C=O) groups is 1. The molecule has 0 heterocycles. The molecule has 0 N–H and O–H groups in total. The van der Waals surface area contributed by atoms with Gasteiger partial charge in [0, 0.05) is 26.2 Å². The van der Waals surface area contributed by atoms with Crippen LogP contribution in [0.25, 0.3) is 0 Å². The summed E-state index contributed by atoms with van der Waals surface area (Å²) in [5, 5.41) is 1.43. The highest BCUT2D eigenvalue weighted by molar-refractivity contribution is 6.35. The number of carbonyl (C=O) groups excluding carboxylic acids is 1. The van der Waals surface area contributed by atoms with Crippen molar-refractivity contribution in [1.82, 2.24) is 0 Å². The van der Waals surface area contributed by atoms with Gasteiger partial charge in [-0.25, -0.2) is 0 Å². The van der Waals surface area contributed by atoms with Gasteiger partial charge in [0.25, 0.3) is 0 Å². The largest absolute Gasteiger partial charge is 0.289 e. The smallest absolute Gasteiger partial charge is 0.193 e. The highest BCUT2D eigenvalue weighted by atomic mass is 35.5. The molecule has 0 amide bonds. The summed E-state index contributed by atoms with van der Waals surface area (Å²) in [6, 6.07) is 9.95. The summed E-state index contributed by atoms with van der Waals surface area (Å²) in [6.45, 7) is 1.88. The lowest BCUT2D eigenvalue weighted by Crippen LogP contribution is -2.01. The number of hydrogen-bond acceptors (Lipinski definition) is 1. The van der Waals surface area contributed by atoms with Crippen molar-refractivity contribution in [3.63, 3.8) is 0 Å². The second-order valence-corrected chi connectivity index (χ2v) is 5.23. The van der Waals surface area contributed by atoms with Gasteiger partial charge in [0.1, 0.15) is 0 Å². The van der Waals surface area contributed by atoms with Gasteiger partial charge in [-0.3, -0.25) is 4.79 Å². The molecule has 0 atom stereocenters. The molecular weight excluding hydrogens is 291 g/mol. The van der Waals surface area contributed by atoms with Crippen molar-refractivity contribution >= 4 is 40.6 Å². The first-order chi connectivity index (χ1) is 8.47. The van der Waals surface area contributed by atoms with E-state index in [1.54, 1.807) is 30.3 Å². The van der Waals surface area contributed by atoms with E-state index in [0.29, 0.717) is 26.2 Å². The molecule has 2 aromatic rings. The van der Waals surface area contributed by atoms with Crippen molar-refractivity contribution in [1.29, 1.82) is 0 Å². The first-order valence-electron chi connectivity index (χ1n) is 5.24. The van der Waals surface area contributed by atoms with Gasteiger partial charge >= 0.3 is 0 Å². The van der Waals surface area contributed by atoms with Crippen molar-refractivity contribution in [3.8, 4) is 0 Å². The van der Waals surface area contributed by atoms with Crippen LogP contribution in [0.4, 0.5) is 0 Å². The van der Waals surface area contributed by atoms with E-state index in [4.69, 9.17) is 34.8 Å². The number of rotatable bonds is 2. The average Bonchev–Trinajstić information content (AvgIpc) is 2.30. The van der Waals surface area contributed by atoms with Gasteiger partial charge < -0.3 is 0 Å². The molecule has 0 aliphatic heterocycles. The van der Waals surface area contributed by atoms with Gasteiger partial charge in [-0.2, -0.15) is 0 Å². The van der Waals surface area contributed by atoms with Gasteiger partial charge in [0.2, 0.25) is 0 Å². The standard InChI is InChI=1S/C14H9Cl3O/c1-8-2-3-9(6-13(8)17)14(18)10-4-11(15)7-12(16)5-10/h2-7H,1H3. The third-order valence-electron chi connectivity index (χ3n) is 2.56. The molecule has 0 aliphatic rings. The van der Waals surface area contributed by atoms with E-state index in [0.717, 1.165) is 5.56 Å². The molecule has 0 aliphatic carbocycles. The number of halogens is 3. The number of ketones is 1. The molecular formula is C14H9Cl3O. The molecule has 0 bridgehead atoms. The Bertz CT molecular complexity index is 600. The Labute approximate surface area is 120 Å². The van der Waals surface area contributed by atoms with Crippen molar-refractivity contribution in [2.75, 3.05) is 0 Å². The van der Waals surface area contributed by atoms with Crippen LogP contribution >= 0.6 is 34.8 Å². The predicted octanol–water partition coefficient (Wildman–Crippen LogP) is 5.19. The second-order valence-electron chi connectivity index (χ2n) is 3.95. The summed E-state index contributed by atoms with van der Waals surface area (Å²) in [6.07, 6.45) is 0. The maximum Gasteiger partial charge on any atom is 0.193 e. The molecule has 4 heteroatoms. The monoisotopic (exact) mass is 298 g/mol. The van der Waals surface area contributed by atoms with Crippen LogP contribution in [0.5, 0.6) is 0 Å². The molecule has 0 saturated carbocycles. The Morgan fingerprint density at radius 3 is 2.06 bits per heavy atom. The van der Waals surface area contributed by atoms with Crippen LogP contribution in [0.3, 0.4) is 0 Å². The Hall–Kier alpha value is -1.02. The Kier molecular flexibility index (Phi) is 3.96. The summed E-state index contributed by atoms with van der Waals surface area (Å²) >= 11 is 17.8. The van der Waals surface area contributed by atoms with Gasteiger partial charge in [0.05, 0.1) is 0 Å². The zero-order valence-electron chi connectivity index (χ0n) is 9.51. The molecule has 0 radical (unpaired) electrons. The number of benzene rings is 2. The quantitative estimate of drug-likeness (QED) is 0.698. The first-order valence-corrected chi connectivity index (χ1v) is 6.38. The van der Waals surface area contributed by atoms with Crippen LogP contribution in [-0.4, -0.2) is 5.78 Å². The zero-order valence-corrected chi connectivity index (χ0v) is 11.8. The van der Waals surface area contributed by atoms with E-state index in [2.05, 4.69) is 0 Å². The Balaban J connectivity index is 2.44. The minimum atomic E-state index is -0.152. The SMILES string of the molecule is Cc1ccc(C(=O)c2cc(Cl)cc(Cl)c2)cc1Cl. The first kappa shape index (κ1) is 13.4. The lowest BCUT2D eigenvalue weighted by Gasteiger charge is -2.05. The summed E-state index contributed by atoms with van der Waals surface area (Å²) in [4.78, 5) is 12.2. The predicted molar refractivity (Wildman–Crippen MR) is 76.1 cm³/mol. The topological polar surface area (TPSA) is 17.1 Å². The average molecular weight is 300 g/mol. The van der Waals surface area contributed by atoms with E-state index in [1.807, 2.05) is 13.0 Å². The number of aryl methyl sites for hydroxylation is 1. The zero-order chi connectivity index (χ0) is 13.3. The highest BCUT2D eigenvalue weighted by Crippen LogP contribution is 2.23. The van der Waals surface area contributed by atoms with Crippen molar-refractivity contribution < 1.29 is 4.79 Å². The van der Waals surface area contributed by atoms with Crippen LogP contribution in [0.2, 0.25) is 15.1 Å². The highest BCUT2D eigenvalue weighted by Gasteiger charge is 2.11. The lowest BCUT2D eigenvalue weighted by atomic mass is 10.0. The number of hydrogen-bond donors (Lipinski definition) is 0. The molecule has 0 fully saturated rings. The van der Waals surface area contributed by atoms with E-state index in [9.17, 15) is 4.79 Å². The Morgan fingerprint density at radius 2 is 1.50 bits per heavy atom.